The summed E-state index contributed by atoms with van der Waals surface area (Å²) in [5.74, 6) is -0.982. The van der Waals surface area contributed by atoms with Gasteiger partial charge in [0.15, 0.2) is 0 Å². The van der Waals surface area contributed by atoms with Gasteiger partial charge in [-0.1, -0.05) is 0 Å². The van der Waals surface area contributed by atoms with Crippen molar-refractivity contribution in [3.8, 4) is 0 Å². The van der Waals surface area contributed by atoms with Crippen LogP contribution in [0.3, 0.4) is 0 Å². The number of benzene rings is 1. The maximum absolute atomic E-state index is 12.8. The van der Waals surface area contributed by atoms with E-state index in [4.69, 9.17) is 4.74 Å². The van der Waals surface area contributed by atoms with Crippen molar-refractivity contribution in [2.75, 3.05) is 39.4 Å². The van der Waals surface area contributed by atoms with Gasteiger partial charge in [0.2, 0.25) is 0 Å². The van der Waals surface area contributed by atoms with Crippen LogP contribution in [0.4, 0.5) is 26.3 Å². The van der Waals surface area contributed by atoms with Gasteiger partial charge in [0, 0.05) is 31.7 Å². The number of amides is 1. The third-order valence-electron chi connectivity index (χ3n) is 3.67. The molecule has 1 aromatic rings. The van der Waals surface area contributed by atoms with Crippen molar-refractivity contribution in [3.05, 3.63) is 34.9 Å². The zero-order valence-corrected chi connectivity index (χ0v) is 13.0. The average Bonchev–Trinajstić information content (AvgIpc) is 2.53. The zero-order chi connectivity index (χ0) is 18.7. The number of alkyl halides is 6. The van der Waals surface area contributed by atoms with Gasteiger partial charge in [-0.05, 0) is 18.2 Å². The van der Waals surface area contributed by atoms with Crippen LogP contribution in [0.1, 0.15) is 21.5 Å². The van der Waals surface area contributed by atoms with Crippen LogP contribution in [0, 0.1) is 0 Å². The molecule has 1 aliphatic rings. The van der Waals surface area contributed by atoms with E-state index < -0.39 is 35.0 Å². The van der Waals surface area contributed by atoms with Crippen molar-refractivity contribution in [2.45, 2.75) is 12.4 Å². The minimum absolute atomic E-state index is 0.00941. The first kappa shape index (κ1) is 19.5. The summed E-state index contributed by atoms with van der Waals surface area (Å²) in [6.07, 6.45) is -9.96. The van der Waals surface area contributed by atoms with Gasteiger partial charge >= 0.3 is 12.4 Å². The second kappa shape index (κ2) is 7.61. The Morgan fingerprint density at radius 2 is 1.52 bits per heavy atom. The summed E-state index contributed by atoms with van der Waals surface area (Å²) in [5, 5.41) is 2.35. The highest BCUT2D eigenvalue weighted by atomic mass is 19.4. The van der Waals surface area contributed by atoms with Crippen molar-refractivity contribution in [1.82, 2.24) is 10.2 Å². The monoisotopic (exact) mass is 370 g/mol. The van der Waals surface area contributed by atoms with Crippen LogP contribution >= 0.6 is 0 Å². The first-order chi connectivity index (χ1) is 11.6. The van der Waals surface area contributed by atoms with E-state index in [0.29, 0.717) is 45.0 Å². The molecule has 1 aliphatic heterocycles. The highest BCUT2D eigenvalue weighted by Gasteiger charge is 2.37. The first-order valence-electron chi connectivity index (χ1n) is 7.45. The molecule has 0 saturated carbocycles. The molecule has 2 rings (SSSR count). The Bertz CT molecular complexity index is 577. The molecule has 1 fully saturated rings. The Balaban J connectivity index is 2.09. The lowest BCUT2D eigenvalue weighted by Gasteiger charge is -2.26. The molecule has 1 amide bonds. The van der Waals surface area contributed by atoms with Crippen LogP contribution in [0.2, 0.25) is 0 Å². The maximum atomic E-state index is 12.8. The molecule has 140 valence electrons. The standard InChI is InChI=1S/C15H16F6N2O2/c16-14(17,18)11-7-10(8-12(9-11)15(19,20)21)13(24)22-1-2-23-3-5-25-6-4-23/h7-9H,1-6H2,(H,22,24). The van der Waals surface area contributed by atoms with Gasteiger partial charge in [0.1, 0.15) is 0 Å². The molecule has 0 aliphatic carbocycles. The molecule has 0 radical (unpaired) electrons. The minimum Gasteiger partial charge on any atom is -0.379 e. The molecular weight excluding hydrogens is 354 g/mol. The van der Waals surface area contributed by atoms with E-state index in [9.17, 15) is 31.1 Å². The number of nitrogens with zero attached hydrogens (tertiary/aromatic N) is 1. The number of carbonyl (C=O) groups is 1. The van der Waals surface area contributed by atoms with Crippen molar-refractivity contribution >= 4 is 5.91 Å². The van der Waals surface area contributed by atoms with Crippen molar-refractivity contribution in [1.29, 1.82) is 0 Å². The fraction of sp³-hybridized carbons (Fsp3) is 0.533. The first-order valence-corrected chi connectivity index (χ1v) is 7.45. The molecule has 0 atom stereocenters. The Kier molecular flexibility index (Phi) is 5.94. The predicted octanol–water partition coefficient (Wildman–Crippen LogP) is 2.79. The molecule has 1 aromatic carbocycles. The topological polar surface area (TPSA) is 41.6 Å². The van der Waals surface area contributed by atoms with Crippen LogP contribution < -0.4 is 5.32 Å². The van der Waals surface area contributed by atoms with Crippen LogP contribution in [0.5, 0.6) is 0 Å². The third kappa shape index (κ3) is 5.60. The van der Waals surface area contributed by atoms with Crippen molar-refractivity contribution < 1.29 is 35.9 Å². The highest BCUT2D eigenvalue weighted by Crippen LogP contribution is 2.36. The lowest BCUT2D eigenvalue weighted by molar-refractivity contribution is -0.143. The third-order valence-corrected chi connectivity index (χ3v) is 3.67. The van der Waals surface area contributed by atoms with Gasteiger partial charge in [0.25, 0.3) is 5.91 Å². The zero-order valence-electron chi connectivity index (χ0n) is 13.0. The van der Waals surface area contributed by atoms with Crippen LogP contribution in [-0.2, 0) is 17.1 Å². The fourth-order valence-corrected chi connectivity index (χ4v) is 2.34. The number of ether oxygens (including phenoxy) is 1. The number of hydrogen-bond acceptors (Lipinski definition) is 3. The van der Waals surface area contributed by atoms with Gasteiger partial charge in [-0.2, -0.15) is 26.3 Å². The maximum Gasteiger partial charge on any atom is 0.416 e. The normalized spacial score (nSPS) is 16.7. The lowest BCUT2D eigenvalue weighted by atomic mass is 10.0. The molecule has 1 saturated heterocycles. The molecule has 0 unspecified atom stereocenters. The molecule has 25 heavy (non-hydrogen) atoms. The molecule has 0 aromatic heterocycles. The Hall–Kier alpha value is -1.81. The molecule has 10 heteroatoms. The van der Waals surface area contributed by atoms with Crippen LogP contribution in [0.15, 0.2) is 18.2 Å². The number of halogens is 6. The summed E-state index contributed by atoms with van der Waals surface area (Å²) < 4.78 is 81.8. The summed E-state index contributed by atoms with van der Waals surface area (Å²) in [6, 6.07) is 0.823. The summed E-state index contributed by atoms with van der Waals surface area (Å²) in [7, 11) is 0. The lowest BCUT2D eigenvalue weighted by Crippen LogP contribution is -2.41. The summed E-state index contributed by atoms with van der Waals surface area (Å²) in [4.78, 5) is 13.9. The number of nitrogens with one attached hydrogen (secondary N) is 1. The van der Waals surface area contributed by atoms with Gasteiger partial charge in [-0.3, -0.25) is 9.69 Å². The van der Waals surface area contributed by atoms with E-state index in [0.717, 1.165) is 0 Å². The number of morpholine rings is 1. The molecule has 1 heterocycles. The van der Waals surface area contributed by atoms with E-state index in [1.807, 2.05) is 4.90 Å². The van der Waals surface area contributed by atoms with Gasteiger partial charge in [-0.25, -0.2) is 0 Å². The van der Waals surface area contributed by atoms with Gasteiger partial charge in [0.05, 0.1) is 24.3 Å². The predicted molar refractivity (Wildman–Crippen MR) is 76.0 cm³/mol. The Morgan fingerprint density at radius 1 is 1.00 bits per heavy atom. The highest BCUT2D eigenvalue weighted by molar-refractivity contribution is 5.94. The number of carbonyl (C=O) groups excluding carboxylic acids is 1. The second-order valence-corrected chi connectivity index (χ2v) is 5.50. The van der Waals surface area contributed by atoms with E-state index in [2.05, 4.69) is 5.32 Å². The second-order valence-electron chi connectivity index (χ2n) is 5.50. The van der Waals surface area contributed by atoms with Gasteiger partial charge in [-0.15, -0.1) is 0 Å². The summed E-state index contributed by atoms with van der Waals surface area (Å²) >= 11 is 0. The Morgan fingerprint density at radius 3 is 2.00 bits per heavy atom. The molecule has 0 bridgehead atoms. The van der Waals surface area contributed by atoms with Crippen molar-refractivity contribution in [2.24, 2.45) is 0 Å². The largest absolute Gasteiger partial charge is 0.416 e. The smallest absolute Gasteiger partial charge is 0.379 e. The number of hydrogen-bond donors (Lipinski definition) is 1. The summed E-state index contributed by atoms with van der Waals surface area (Å²) in [6.45, 7) is 2.92. The van der Waals surface area contributed by atoms with Crippen LogP contribution in [0.25, 0.3) is 0 Å². The van der Waals surface area contributed by atoms with Crippen LogP contribution in [-0.4, -0.2) is 50.2 Å². The molecule has 1 N–H and O–H groups in total. The van der Waals surface area contributed by atoms with Crippen molar-refractivity contribution in [3.63, 3.8) is 0 Å². The Labute approximate surface area is 139 Å². The van der Waals surface area contributed by atoms with Gasteiger partial charge < -0.3 is 10.1 Å². The average molecular weight is 370 g/mol. The van der Waals surface area contributed by atoms with E-state index >= 15 is 0 Å². The number of rotatable bonds is 4. The summed E-state index contributed by atoms with van der Waals surface area (Å²) in [5.41, 5.74) is -3.70. The fourth-order valence-electron chi connectivity index (χ4n) is 2.34. The van der Waals surface area contributed by atoms with E-state index in [-0.39, 0.29) is 12.6 Å². The quantitative estimate of drug-likeness (QED) is 0.829. The minimum atomic E-state index is -4.98. The molecule has 4 nitrogen and oxygen atoms in total. The SMILES string of the molecule is O=C(NCCN1CCOCC1)c1cc(C(F)(F)F)cc(C(F)(F)F)c1. The molecular formula is C15H16F6N2O2. The molecule has 0 spiro atoms. The van der Waals surface area contributed by atoms with E-state index in [1.54, 1.807) is 0 Å². The van der Waals surface area contributed by atoms with E-state index in [1.165, 1.54) is 0 Å².